The van der Waals surface area contributed by atoms with Crippen molar-refractivity contribution < 1.29 is 14.3 Å². The first kappa shape index (κ1) is 17.8. The summed E-state index contributed by atoms with van der Waals surface area (Å²) in [6.07, 6.45) is 4.27. The van der Waals surface area contributed by atoms with Crippen molar-refractivity contribution in [3.05, 3.63) is 23.8 Å². The quantitative estimate of drug-likeness (QED) is 0.843. The van der Waals surface area contributed by atoms with Crippen LogP contribution in [-0.4, -0.2) is 43.0 Å². The number of benzene rings is 1. The zero-order valence-electron chi connectivity index (χ0n) is 15.5. The van der Waals surface area contributed by atoms with Crippen molar-refractivity contribution >= 4 is 17.5 Å². The van der Waals surface area contributed by atoms with E-state index in [4.69, 9.17) is 4.74 Å². The minimum atomic E-state index is -0.149. The van der Waals surface area contributed by atoms with Gasteiger partial charge in [-0.05, 0) is 48.8 Å². The molecule has 136 valence electrons. The molecule has 0 spiro atoms. The Labute approximate surface area is 149 Å². The second kappa shape index (κ2) is 7.06. The van der Waals surface area contributed by atoms with E-state index < -0.39 is 0 Å². The van der Waals surface area contributed by atoms with E-state index in [0.717, 1.165) is 43.6 Å². The van der Waals surface area contributed by atoms with Crippen LogP contribution in [0.5, 0.6) is 5.75 Å². The molecule has 0 bridgehead atoms. The van der Waals surface area contributed by atoms with Crippen LogP contribution in [0.1, 0.15) is 52.0 Å². The SMILES string of the molecule is CCC(C)(C)c1ccc2c(c1)N(CC(=O)N1CCCCC1)C(=O)CO2. The zero-order chi connectivity index (χ0) is 18.0. The van der Waals surface area contributed by atoms with E-state index in [2.05, 4.69) is 26.8 Å². The van der Waals surface area contributed by atoms with Crippen molar-refractivity contribution in [2.75, 3.05) is 31.1 Å². The molecule has 0 saturated carbocycles. The van der Waals surface area contributed by atoms with Crippen LogP contribution in [0.2, 0.25) is 0 Å². The molecule has 25 heavy (non-hydrogen) atoms. The fraction of sp³-hybridized carbons (Fsp3) is 0.600. The maximum atomic E-state index is 12.7. The van der Waals surface area contributed by atoms with Gasteiger partial charge >= 0.3 is 0 Å². The molecule has 2 amide bonds. The van der Waals surface area contributed by atoms with Crippen LogP contribution < -0.4 is 9.64 Å². The number of carbonyl (C=O) groups is 2. The minimum Gasteiger partial charge on any atom is -0.482 e. The van der Waals surface area contributed by atoms with Crippen LogP contribution in [0.3, 0.4) is 0 Å². The van der Waals surface area contributed by atoms with E-state index in [1.54, 1.807) is 4.90 Å². The number of hydrogen-bond acceptors (Lipinski definition) is 3. The summed E-state index contributed by atoms with van der Waals surface area (Å²) in [5.74, 6) is 0.562. The summed E-state index contributed by atoms with van der Waals surface area (Å²) in [6, 6.07) is 6.00. The Hall–Kier alpha value is -2.04. The predicted molar refractivity (Wildman–Crippen MR) is 98.0 cm³/mol. The Morgan fingerprint density at radius 3 is 2.60 bits per heavy atom. The normalized spacial score (nSPS) is 18.0. The predicted octanol–water partition coefficient (Wildman–Crippen LogP) is 3.11. The van der Waals surface area contributed by atoms with Crippen LogP contribution in [0.4, 0.5) is 5.69 Å². The maximum absolute atomic E-state index is 12.7. The summed E-state index contributed by atoms with van der Waals surface area (Å²) in [6.45, 7) is 8.22. The lowest BCUT2D eigenvalue weighted by molar-refractivity contribution is -0.132. The van der Waals surface area contributed by atoms with Gasteiger partial charge in [0.1, 0.15) is 12.3 Å². The smallest absolute Gasteiger partial charge is 0.265 e. The molecule has 1 aromatic carbocycles. The first-order valence-electron chi connectivity index (χ1n) is 9.28. The van der Waals surface area contributed by atoms with Crippen molar-refractivity contribution in [1.82, 2.24) is 4.90 Å². The molecule has 5 heteroatoms. The molecule has 0 atom stereocenters. The number of rotatable bonds is 4. The van der Waals surface area contributed by atoms with E-state index >= 15 is 0 Å². The number of piperidine rings is 1. The number of anilines is 1. The highest BCUT2D eigenvalue weighted by Gasteiger charge is 2.31. The third-order valence-electron chi connectivity index (χ3n) is 5.57. The van der Waals surface area contributed by atoms with Crippen LogP contribution in [-0.2, 0) is 15.0 Å². The molecule has 3 rings (SSSR count). The Morgan fingerprint density at radius 1 is 1.20 bits per heavy atom. The molecule has 0 aromatic heterocycles. The maximum Gasteiger partial charge on any atom is 0.265 e. The summed E-state index contributed by atoms with van der Waals surface area (Å²) in [5, 5.41) is 0. The molecule has 0 unspecified atom stereocenters. The number of hydrogen-bond donors (Lipinski definition) is 0. The number of amides is 2. The van der Waals surface area contributed by atoms with Crippen molar-refractivity contribution in [1.29, 1.82) is 0 Å². The average molecular weight is 344 g/mol. The van der Waals surface area contributed by atoms with Gasteiger partial charge < -0.3 is 9.64 Å². The molecule has 2 heterocycles. The molecule has 2 aliphatic rings. The van der Waals surface area contributed by atoms with Gasteiger partial charge in [-0.2, -0.15) is 0 Å². The summed E-state index contributed by atoms with van der Waals surface area (Å²) >= 11 is 0. The monoisotopic (exact) mass is 344 g/mol. The van der Waals surface area contributed by atoms with Gasteiger partial charge in [0.05, 0.1) is 5.69 Å². The van der Waals surface area contributed by atoms with E-state index in [1.165, 1.54) is 6.42 Å². The van der Waals surface area contributed by atoms with E-state index in [9.17, 15) is 9.59 Å². The lowest BCUT2D eigenvalue weighted by atomic mass is 9.82. The molecular formula is C20H28N2O3. The number of fused-ring (bicyclic) bond motifs is 1. The third-order valence-corrected chi connectivity index (χ3v) is 5.57. The fourth-order valence-electron chi connectivity index (χ4n) is 3.38. The van der Waals surface area contributed by atoms with E-state index in [1.807, 2.05) is 17.0 Å². The van der Waals surface area contributed by atoms with E-state index in [0.29, 0.717) is 5.75 Å². The standard InChI is InChI=1S/C20H28N2O3/c1-4-20(2,3)15-8-9-17-16(12-15)22(19(24)14-25-17)13-18(23)21-10-6-5-7-11-21/h8-9,12H,4-7,10-11,13-14H2,1-3H3. The molecule has 1 fully saturated rings. The Kier molecular flexibility index (Phi) is 5.02. The highest BCUT2D eigenvalue weighted by atomic mass is 16.5. The van der Waals surface area contributed by atoms with Gasteiger partial charge in [-0.15, -0.1) is 0 Å². The van der Waals surface area contributed by atoms with Gasteiger partial charge in [-0.3, -0.25) is 14.5 Å². The fourth-order valence-corrected chi connectivity index (χ4v) is 3.38. The molecule has 0 radical (unpaired) electrons. The van der Waals surface area contributed by atoms with Gasteiger partial charge in [0.2, 0.25) is 5.91 Å². The molecular weight excluding hydrogens is 316 g/mol. The summed E-state index contributed by atoms with van der Waals surface area (Å²) in [5.41, 5.74) is 1.89. The molecule has 1 saturated heterocycles. The van der Waals surface area contributed by atoms with Gasteiger partial charge in [0, 0.05) is 13.1 Å². The second-order valence-electron chi connectivity index (χ2n) is 7.63. The average Bonchev–Trinajstić information content (AvgIpc) is 2.64. The summed E-state index contributed by atoms with van der Waals surface area (Å²) in [7, 11) is 0. The van der Waals surface area contributed by atoms with Crippen molar-refractivity contribution in [2.24, 2.45) is 0 Å². The van der Waals surface area contributed by atoms with Crippen molar-refractivity contribution in [3.63, 3.8) is 0 Å². The molecule has 0 N–H and O–H groups in total. The first-order valence-corrected chi connectivity index (χ1v) is 9.28. The number of ether oxygens (including phenoxy) is 1. The highest BCUT2D eigenvalue weighted by Crippen LogP contribution is 2.37. The topological polar surface area (TPSA) is 49.9 Å². The molecule has 1 aromatic rings. The highest BCUT2D eigenvalue weighted by molar-refractivity contribution is 6.02. The summed E-state index contributed by atoms with van der Waals surface area (Å²) in [4.78, 5) is 28.6. The molecule has 5 nitrogen and oxygen atoms in total. The van der Waals surface area contributed by atoms with Gasteiger partial charge in [0.25, 0.3) is 5.91 Å². The van der Waals surface area contributed by atoms with Gasteiger partial charge in [-0.25, -0.2) is 0 Å². The zero-order valence-corrected chi connectivity index (χ0v) is 15.5. The Bertz CT molecular complexity index is 663. The Morgan fingerprint density at radius 2 is 1.92 bits per heavy atom. The second-order valence-corrected chi connectivity index (χ2v) is 7.63. The number of likely N-dealkylation sites (tertiary alicyclic amines) is 1. The number of carbonyl (C=O) groups excluding carboxylic acids is 2. The van der Waals surface area contributed by atoms with Gasteiger partial charge in [0.15, 0.2) is 6.61 Å². The first-order chi connectivity index (χ1) is 11.9. The largest absolute Gasteiger partial charge is 0.482 e. The molecule has 2 aliphatic heterocycles. The lowest BCUT2D eigenvalue weighted by Crippen LogP contribution is -2.47. The molecule has 0 aliphatic carbocycles. The van der Waals surface area contributed by atoms with Crippen molar-refractivity contribution in [2.45, 2.75) is 51.9 Å². The summed E-state index contributed by atoms with van der Waals surface area (Å²) < 4.78 is 5.58. The van der Waals surface area contributed by atoms with Crippen molar-refractivity contribution in [3.8, 4) is 5.75 Å². The van der Waals surface area contributed by atoms with Gasteiger partial charge in [-0.1, -0.05) is 26.8 Å². The van der Waals surface area contributed by atoms with E-state index in [-0.39, 0.29) is 30.4 Å². The minimum absolute atomic E-state index is 0.00318. The van der Waals surface area contributed by atoms with Crippen LogP contribution in [0.15, 0.2) is 18.2 Å². The number of nitrogens with zero attached hydrogens (tertiary/aromatic N) is 2. The van der Waals surface area contributed by atoms with Crippen LogP contribution >= 0.6 is 0 Å². The lowest BCUT2D eigenvalue weighted by Gasteiger charge is -2.34. The van der Waals surface area contributed by atoms with Crippen LogP contribution in [0.25, 0.3) is 0 Å². The third kappa shape index (κ3) is 3.65. The Balaban J connectivity index is 1.86. The van der Waals surface area contributed by atoms with Crippen LogP contribution in [0, 0.1) is 0 Å².